The molecule has 2 aromatic carbocycles. The number of para-hydroxylation sites is 3. The average molecular weight is 434 g/mol. The number of fused-ring (bicyclic) bond motifs is 1. The molecule has 2 heterocycles. The molecule has 0 radical (unpaired) electrons. The third-order valence-electron chi connectivity index (χ3n) is 6.19. The van der Waals surface area contributed by atoms with Crippen LogP contribution in [0.4, 0.5) is 11.5 Å². The minimum atomic E-state index is -0.0614. The Morgan fingerprint density at radius 1 is 1.19 bits per heavy atom. The molecule has 1 amide bonds. The van der Waals surface area contributed by atoms with Gasteiger partial charge in [-0.05, 0) is 37.1 Å². The second-order valence-electron chi connectivity index (χ2n) is 8.71. The van der Waals surface area contributed by atoms with Gasteiger partial charge in [0.2, 0.25) is 0 Å². The van der Waals surface area contributed by atoms with Crippen molar-refractivity contribution in [2.24, 2.45) is 5.92 Å². The van der Waals surface area contributed by atoms with E-state index in [4.69, 9.17) is 9.72 Å². The summed E-state index contributed by atoms with van der Waals surface area (Å²) < 4.78 is 5.43. The normalized spacial score (nSPS) is 18.3. The molecule has 1 saturated heterocycles. The summed E-state index contributed by atoms with van der Waals surface area (Å²) in [5.74, 6) is 2.09. The Hall–Kier alpha value is -3.12. The monoisotopic (exact) mass is 433 g/mol. The predicted octanol–water partition coefficient (Wildman–Crippen LogP) is 3.42. The van der Waals surface area contributed by atoms with Crippen LogP contribution in [0.2, 0.25) is 0 Å². The maximum atomic E-state index is 13.1. The van der Waals surface area contributed by atoms with Crippen LogP contribution in [0.15, 0.2) is 54.6 Å². The number of carbonyl (C=O) groups excluding carboxylic acids is 1. The summed E-state index contributed by atoms with van der Waals surface area (Å²) in [6, 6.07) is 17.3. The molecule has 3 aromatic rings. The first kappa shape index (κ1) is 22.1. The molecule has 1 aliphatic heterocycles. The quantitative estimate of drug-likeness (QED) is 0.476. The van der Waals surface area contributed by atoms with E-state index in [1.807, 2.05) is 54.6 Å². The zero-order valence-electron chi connectivity index (χ0n) is 19.0. The van der Waals surface area contributed by atoms with Gasteiger partial charge in [-0.1, -0.05) is 37.3 Å². The molecular weight excluding hydrogens is 400 g/mol. The van der Waals surface area contributed by atoms with E-state index in [9.17, 15) is 4.79 Å². The average Bonchev–Trinajstić information content (AvgIpc) is 2.81. The molecule has 4 rings (SSSR count). The molecule has 6 heteroatoms. The lowest BCUT2D eigenvalue weighted by atomic mass is 10.0. The molecule has 1 fully saturated rings. The van der Waals surface area contributed by atoms with Crippen molar-refractivity contribution >= 4 is 28.3 Å². The third kappa shape index (κ3) is 5.37. The molecule has 168 valence electrons. The zero-order chi connectivity index (χ0) is 22.3. The number of nitrogens with zero attached hydrogens (tertiary/aromatic N) is 1. The Labute approximate surface area is 190 Å². The van der Waals surface area contributed by atoms with Crippen molar-refractivity contribution in [2.45, 2.75) is 26.2 Å². The van der Waals surface area contributed by atoms with Crippen molar-refractivity contribution in [3.63, 3.8) is 0 Å². The highest BCUT2D eigenvalue weighted by atomic mass is 16.5. The van der Waals surface area contributed by atoms with Gasteiger partial charge in [-0.15, -0.1) is 0 Å². The van der Waals surface area contributed by atoms with E-state index in [1.165, 1.54) is 25.9 Å². The SMILES string of the molecule is COc1ccccc1Nc1cc(C(=O)NCCC[NH+]2CCCC(C)C2)c2ccccc2n1. The van der Waals surface area contributed by atoms with Crippen molar-refractivity contribution in [1.82, 2.24) is 10.3 Å². The number of rotatable bonds is 8. The highest BCUT2D eigenvalue weighted by Crippen LogP contribution is 2.28. The van der Waals surface area contributed by atoms with Gasteiger partial charge in [0, 0.05) is 24.3 Å². The lowest BCUT2D eigenvalue weighted by Crippen LogP contribution is -3.13. The number of piperidine rings is 1. The summed E-state index contributed by atoms with van der Waals surface area (Å²) in [4.78, 5) is 19.5. The van der Waals surface area contributed by atoms with E-state index < -0.39 is 0 Å². The number of likely N-dealkylation sites (tertiary alicyclic amines) is 1. The highest BCUT2D eigenvalue weighted by molar-refractivity contribution is 6.07. The van der Waals surface area contributed by atoms with Crippen LogP contribution in [0.1, 0.15) is 36.5 Å². The van der Waals surface area contributed by atoms with Crippen LogP contribution in [-0.2, 0) is 0 Å². The summed E-state index contributed by atoms with van der Waals surface area (Å²) in [5, 5.41) is 7.28. The van der Waals surface area contributed by atoms with Crippen LogP contribution in [0.25, 0.3) is 10.9 Å². The number of methoxy groups -OCH3 is 1. The molecule has 1 aromatic heterocycles. The maximum Gasteiger partial charge on any atom is 0.252 e. The number of hydrogen-bond donors (Lipinski definition) is 3. The third-order valence-corrected chi connectivity index (χ3v) is 6.19. The van der Waals surface area contributed by atoms with E-state index in [0.717, 1.165) is 41.2 Å². The van der Waals surface area contributed by atoms with Crippen LogP contribution < -0.4 is 20.3 Å². The van der Waals surface area contributed by atoms with Gasteiger partial charge in [0.05, 0.1) is 43.5 Å². The number of aromatic nitrogens is 1. The largest absolute Gasteiger partial charge is 0.495 e. The zero-order valence-corrected chi connectivity index (χ0v) is 19.0. The van der Waals surface area contributed by atoms with Crippen molar-refractivity contribution in [1.29, 1.82) is 0 Å². The van der Waals surface area contributed by atoms with Gasteiger partial charge >= 0.3 is 0 Å². The van der Waals surface area contributed by atoms with E-state index >= 15 is 0 Å². The molecular formula is C26H33N4O2+. The number of benzene rings is 2. The highest BCUT2D eigenvalue weighted by Gasteiger charge is 2.19. The first-order valence-electron chi connectivity index (χ1n) is 11.6. The van der Waals surface area contributed by atoms with Crippen LogP contribution in [0, 0.1) is 5.92 Å². The van der Waals surface area contributed by atoms with Crippen LogP contribution in [0.5, 0.6) is 5.75 Å². The first-order valence-corrected chi connectivity index (χ1v) is 11.6. The topological polar surface area (TPSA) is 67.7 Å². The Kier molecular flexibility index (Phi) is 7.22. The number of hydrogen-bond acceptors (Lipinski definition) is 4. The number of pyridine rings is 1. The molecule has 0 bridgehead atoms. The van der Waals surface area contributed by atoms with Crippen molar-refractivity contribution < 1.29 is 14.4 Å². The Morgan fingerprint density at radius 3 is 2.84 bits per heavy atom. The smallest absolute Gasteiger partial charge is 0.252 e. The van der Waals surface area contributed by atoms with Gasteiger partial charge in [-0.3, -0.25) is 4.79 Å². The van der Waals surface area contributed by atoms with E-state index in [-0.39, 0.29) is 5.91 Å². The fraction of sp³-hybridized carbons (Fsp3) is 0.385. The fourth-order valence-electron chi connectivity index (χ4n) is 4.57. The Morgan fingerprint density at radius 2 is 2.00 bits per heavy atom. The molecule has 0 spiro atoms. The minimum Gasteiger partial charge on any atom is -0.495 e. The maximum absolute atomic E-state index is 13.1. The molecule has 3 N–H and O–H groups in total. The summed E-state index contributed by atoms with van der Waals surface area (Å²) in [6.45, 7) is 6.64. The number of quaternary nitrogens is 1. The minimum absolute atomic E-state index is 0.0614. The molecule has 2 atom stereocenters. The van der Waals surface area contributed by atoms with Crippen LogP contribution in [0.3, 0.4) is 0 Å². The lowest BCUT2D eigenvalue weighted by molar-refractivity contribution is -0.908. The van der Waals surface area contributed by atoms with Gasteiger partial charge in [0.25, 0.3) is 5.91 Å². The van der Waals surface area contributed by atoms with E-state index in [1.54, 1.807) is 12.0 Å². The number of carbonyl (C=O) groups is 1. The standard InChI is InChI=1S/C26H32N4O2/c1-19-9-7-15-30(18-19)16-8-14-27-26(31)21-17-25(28-22-11-4-3-10-20(21)22)29-23-12-5-6-13-24(23)32-2/h3-6,10-13,17,19H,7-9,14-16,18H2,1-2H3,(H,27,31)(H,28,29)/p+1. The summed E-state index contributed by atoms with van der Waals surface area (Å²) >= 11 is 0. The summed E-state index contributed by atoms with van der Waals surface area (Å²) in [6.07, 6.45) is 3.65. The lowest BCUT2D eigenvalue weighted by Gasteiger charge is -2.27. The second kappa shape index (κ2) is 10.5. The Bertz CT molecular complexity index is 1070. The first-order chi connectivity index (χ1) is 15.6. The molecule has 0 aliphatic carbocycles. The van der Waals surface area contributed by atoms with E-state index in [2.05, 4.69) is 17.6 Å². The summed E-state index contributed by atoms with van der Waals surface area (Å²) in [5.41, 5.74) is 2.22. The Balaban J connectivity index is 1.46. The molecule has 32 heavy (non-hydrogen) atoms. The summed E-state index contributed by atoms with van der Waals surface area (Å²) in [7, 11) is 1.64. The van der Waals surface area contributed by atoms with Crippen molar-refractivity contribution in [3.05, 3.63) is 60.2 Å². The van der Waals surface area contributed by atoms with Crippen LogP contribution in [-0.4, -0.2) is 44.2 Å². The van der Waals surface area contributed by atoms with Crippen LogP contribution >= 0.6 is 0 Å². The second-order valence-corrected chi connectivity index (χ2v) is 8.71. The number of nitrogens with one attached hydrogen (secondary N) is 3. The van der Waals surface area contributed by atoms with Gasteiger partial charge in [-0.25, -0.2) is 4.98 Å². The molecule has 6 nitrogen and oxygen atoms in total. The van der Waals surface area contributed by atoms with Gasteiger partial charge < -0.3 is 20.3 Å². The number of amides is 1. The van der Waals surface area contributed by atoms with Crippen molar-refractivity contribution in [2.75, 3.05) is 38.6 Å². The van der Waals surface area contributed by atoms with E-state index in [0.29, 0.717) is 17.9 Å². The molecule has 0 saturated carbocycles. The van der Waals surface area contributed by atoms with Gasteiger partial charge in [0.1, 0.15) is 11.6 Å². The molecule has 2 unspecified atom stereocenters. The number of anilines is 2. The number of ether oxygens (including phenoxy) is 1. The predicted molar refractivity (Wildman–Crippen MR) is 129 cm³/mol. The molecule has 1 aliphatic rings. The van der Waals surface area contributed by atoms with Gasteiger partial charge in [0.15, 0.2) is 0 Å². The van der Waals surface area contributed by atoms with Gasteiger partial charge in [-0.2, -0.15) is 0 Å². The van der Waals surface area contributed by atoms with Crippen molar-refractivity contribution in [3.8, 4) is 5.75 Å². The fourth-order valence-corrected chi connectivity index (χ4v) is 4.57.